The number of likely N-dealkylation sites (tertiary alicyclic amines) is 1. The number of carbonyl (C=O) groups excluding carboxylic acids is 1. The van der Waals surface area contributed by atoms with Gasteiger partial charge in [-0.3, -0.25) is 4.79 Å². The van der Waals surface area contributed by atoms with Crippen molar-refractivity contribution in [2.24, 2.45) is 17.6 Å². The van der Waals surface area contributed by atoms with Gasteiger partial charge in [-0.2, -0.15) is 0 Å². The lowest BCUT2D eigenvalue weighted by Crippen LogP contribution is -2.44. The molecule has 2 N–H and O–H groups in total. The van der Waals surface area contributed by atoms with Crippen LogP contribution in [-0.4, -0.2) is 29.9 Å². The van der Waals surface area contributed by atoms with E-state index in [0.29, 0.717) is 18.3 Å². The van der Waals surface area contributed by atoms with Crippen LogP contribution in [0, 0.1) is 11.8 Å². The highest BCUT2D eigenvalue weighted by Crippen LogP contribution is 2.21. The number of hydrogen-bond donors (Lipinski definition) is 1. The first-order valence-corrected chi connectivity index (χ1v) is 5.52. The molecule has 0 bridgehead atoms. The molecule has 0 saturated carbocycles. The van der Waals surface area contributed by atoms with Gasteiger partial charge in [-0.05, 0) is 25.2 Å². The highest BCUT2D eigenvalue weighted by Gasteiger charge is 2.25. The molecule has 0 spiro atoms. The van der Waals surface area contributed by atoms with E-state index in [4.69, 9.17) is 5.73 Å². The van der Waals surface area contributed by atoms with E-state index in [2.05, 4.69) is 13.8 Å². The van der Waals surface area contributed by atoms with Gasteiger partial charge in [-0.15, -0.1) is 0 Å². The quantitative estimate of drug-likeness (QED) is 0.725. The Labute approximate surface area is 86.6 Å². The van der Waals surface area contributed by atoms with Crippen LogP contribution in [0.25, 0.3) is 0 Å². The molecule has 3 unspecified atom stereocenters. The first-order valence-electron chi connectivity index (χ1n) is 5.52. The molecule has 1 amide bonds. The Morgan fingerprint density at radius 2 is 1.93 bits per heavy atom. The Hall–Kier alpha value is -0.570. The lowest BCUT2D eigenvalue weighted by molar-refractivity contribution is -0.134. The molecule has 14 heavy (non-hydrogen) atoms. The summed E-state index contributed by atoms with van der Waals surface area (Å²) in [4.78, 5) is 13.7. The summed E-state index contributed by atoms with van der Waals surface area (Å²) in [5.74, 6) is 1.49. The summed E-state index contributed by atoms with van der Waals surface area (Å²) in [6, 6.07) is -0.0185. The summed E-state index contributed by atoms with van der Waals surface area (Å²) in [6.07, 6.45) is 1.72. The number of carbonyl (C=O) groups is 1. The van der Waals surface area contributed by atoms with Gasteiger partial charge in [0.2, 0.25) is 5.91 Å². The maximum Gasteiger partial charge on any atom is 0.224 e. The molecular weight excluding hydrogens is 176 g/mol. The van der Waals surface area contributed by atoms with E-state index in [9.17, 15) is 4.79 Å². The Bertz CT molecular complexity index is 193. The average Bonchev–Trinajstić information content (AvgIpc) is 2.00. The number of hydrogen-bond acceptors (Lipinski definition) is 2. The van der Waals surface area contributed by atoms with Crippen molar-refractivity contribution in [1.82, 2.24) is 4.90 Å². The topological polar surface area (TPSA) is 46.3 Å². The second kappa shape index (κ2) is 4.78. The Morgan fingerprint density at radius 3 is 2.36 bits per heavy atom. The van der Waals surface area contributed by atoms with E-state index in [1.165, 1.54) is 6.42 Å². The minimum atomic E-state index is -0.0185. The SMILES string of the molecule is CC(N)CC(=O)N1CC(C)CC(C)C1. The second-order valence-electron chi connectivity index (χ2n) is 4.93. The zero-order valence-corrected chi connectivity index (χ0v) is 9.49. The van der Waals surface area contributed by atoms with Gasteiger partial charge in [0.05, 0.1) is 0 Å². The van der Waals surface area contributed by atoms with Crippen LogP contribution in [0.3, 0.4) is 0 Å². The summed E-state index contributed by atoms with van der Waals surface area (Å²) in [5.41, 5.74) is 5.62. The van der Waals surface area contributed by atoms with Crippen molar-refractivity contribution >= 4 is 5.91 Å². The van der Waals surface area contributed by atoms with E-state index >= 15 is 0 Å². The fourth-order valence-corrected chi connectivity index (χ4v) is 2.27. The number of piperidine rings is 1. The number of nitrogens with zero attached hydrogens (tertiary/aromatic N) is 1. The van der Waals surface area contributed by atoms with Crippen LogP contribution >= 0.6 is 0 Å². The first kappa shape index (κ1) is 11.5. The zero-order valence-electron chi connectivity index (χ0n) is 9.49. The molecule has 1 fully saturated rings. The second-order valence-corrected chi connectivity index (χ2v) is 4.93. The fraction of sp³-hybridized carbons (Fsp3) is 0.909. The number of nitrogens with two attached hydrogens (primary N) is 1. The van der Waals surface area contributed by atoms with Crippen LogP contribution < -0.4 is 5.73 Å². The van der Waals surface area contributed by atoms with Crippen LogP contribution in [0.4, 0.5) is 0 Å². The van der Waals surface area contributed by atoms with Gasteiger partial charge in [-0.1, -0.05) is 13.8 Å². The van der Waals surface area contributed by atoms with Crippen molar-refractivity contribution < 1.29 is 4.79 Å². The third kappa shape index (κ3) is 3.29. The molecule has 1 aliphatic rings. The maximum atomic E-state index is 11.7. The number of amides is 1. The van der Waals surface area contributed by atoms with Crippen LogP contribution in [0.5, 0.6) is 0 Å². The van der Waals surface area contributed by atoms with Crippen molar-refractivity contribution in [3.63, 3.8) is 0 Å². The van der Waals surface area contributed by atoms with E-state index in [-0.39, 0.29) is 11.9 Å². The van der Waals surface area contributed by atoms with Crippen molar-refractivity contribution in [3.8, 4) is 0 Å². The summed E-state index contributed by atoms with van der Waals surface area (Å²) in [7, 11) is 0. The third-order valence-electron chi connectivity index (χ3n) is 2.72. The fourth-order valence-electron chi connectivity index (χ4n) is 2.27. The van der Waals surface area contributed by atoms with E-state index in [1.54, 1.807) is 0 Å². The van der Waals surface area contributed by atoms with E-state index in [1.807, 2.05) is 11.8 Å². The normalized spacial score (nSPS) is 30.1. The molecule has 1 rings (SSSR count). The predicted octanol–water partition coefficient (Wildman–Crippen LogP) is 1.23. The molecule has 1 aliphatic heterocycles. The van der Waals surface area contributed by atoms with Gasteiger partial charge in [0.15, 0.2) is 0 Å². The van der Waals surface area contributed by atoms with E-state index in [0.717, 1.165) is 13.1 Å². The molecule has 0 aliphatic carbocycles. The van der Waals surface area contributed by atoms with Crippen molar-refractivity contribution in [2.45, 2.75) is 39.7 Å². The molecule has 3 heteroatoms. The largest absolute Gasteiger partial charge is 0.342 e. The van der Waals surface area contributed by atoms with Gasteiger partial charge in [-0.25, -0.2) is 0 Å². The third-order valence-corrected chi connectivity index (χ3v) is 2.72. The highest BCUT2D eigenvalue weighted by atomic mass is 16.2. The molecule has 0 radical (unpaired) electrons. The lowest BCUT2D eigenvalue weighted by Gasteiger charge is -2.35. The summed E-state index contributed by atoms with van der Waals surface area (Å²) < 4.78 is 0. The molecule has 0 aromatic carbocycles. The number of rotatable bonds is 2. The highest BCUT2D eigenvalue weighted by molar-refractivity contribution is 5.76. The van der Waals surface area contributed by atoms with Crippen molar-refractivity contribution in [3.05, 3.63) is 0 Å². The van der Waals surface area contributed by atoms with Crippen LogP contribution in [-0.2, 0) is 4.79 Å². The Morgan fingerprint density at radius 1 is 1.43 bits per heavy atom. The van der Waals surface area contributed by atoms with Gasteiger partial charge in [0, 0.05) is 25.6 Å². The predicted molar refractivity (Wildman–Crippen MR) is 57.8 cm³/mol. The monoisotopic (exact) mass is 198 g/mol. The molecule has 1 saturated heterocycles. The molecule has 1 heterocycles. The molecule has 0 aromatic heterocycles. The summed E-state index contributed by atoms with van der Waals surface area (Å²) in [6.45, 7) is 8.13. The molecule has 0 aromatic rings. The molecule has 3 atom stereocenters. The minimum Gasteiger partial charge on any atom is -0.342 e. The van der Waals surface area contributed by atoms with Gasteiger partial charge in [0.25, 0.3) is 0 Å². The van der Waals surface area contributed by atoms with Crippen LogP contribution in [0.15, 0.2) is 0 Å². The molecular formula is C11H22N2O. The van der Waals surface area contributed by atoms with Gasteiger partial charge < -0.3 is 10.6 Å². The zero-order chi connectivity index (χ0) is 10.7. The summed E-state index contributed by atoms with van der Waals surface area (Å²) in [5, 5.41) is 0. The Kier molecular flexibility index (Phi) is 3.93. The van der Waals surface area contributed by atoms with E-state index < -0.39 is 0 Å². The minimum absolute atomic E-state index is 0.0185. The smallest absolute Gasteiger partial charge is 0.224 e. The van der Waals surface area contributed by atoms with Gasteiger partial charge in [0.1, 0.15) is 0 Å². The van der Waals surface area contributed by atoms with Crippen LogP contribution in [0.2, 0.25) is 0 Å². The van der Waals surface area contributed by atoms with Crippen LogP contribution in [0.1, 0.15) is 33.6 Å². The summed E-state index contributed by atoms with van der Waals surface area (Å²) >= 11 is 0. The first-order chi connectivity index (χ1) is 6.49. The van der Waals surface area contributed by atoms with Crippen molar-refractivity contribution in [2.75, 3.05) is 13.1 Å². The Balaban J connectivity index is 2.46. The lowest BCUT2D eigenvalue weighted by atomic mass is 9.91. The van der Waals surface area contributed by atoms with Crippen molar-refractivity contribution in [1.29, 1.82) is 0 Å². The molecule has 82 valence electrons. The standard InChI is InChI=1S/C11H22N2O/c1-8-4-9(2)7-13(6-8)11(14)5-10(3)12/h8-10H,4-7,12H2,1-3H3. The maximum absolute atomic E-state index is 11.7. The molecule has 3 nitrogen and oxygen atoms in total. The average molecular weight is 198 g/mol. The van der Waals surface area contributed by atoms with Gasteiger partial charge >= 0.3 is 0 Å².